The zero-order valence-corrected chi connectivity index (χ0v) is 15.3. The lowest BCUT2D eigenvalue weighted by atomic mass is 10.0. The summed E-state index contributed by atoms with van der Waals surface area (Å²) in [6.07, 6.45) is 1.18. The highest BCUT2D eigenvalue weighted by molar-refractivity contribution is 7.88. The summed E-state index contributed by atoms with van der Waals surface area (Å²) in [7, 11) is -1.71. The van der Waals surface area contributed by atoms with E-state index >= 15 is 0 Å². The fraction of sp³-hybridized carbons (Fsp3) is 0.533. The van der Waals surface area contributed by atoms with Gasteiger partial charge in [-0.3, -0.25) is 4.79 Å². The van der Waals surface area contributed by atoms with Gasteiger partial charge in [0.1, 0.15) is 5.75 Å². The number of hydrogen-bond acceptors (Lipinski definition) is 4. The zero-order valence-electron chi connectivity index (χ0n) is 13.7. The van der Waals surface area contributed by atoms with Crippen LogP contribution in [-0.2, 0) is 10.0 Å². The van der Waals surface area contributed by atoms with Crippen molar-refractivity contribution in [1.29, 1.82) is 0 Å². The minimum Gasteiger partial charge on any atom is -0.496 e. The van der Waals surface area contributed by atoms with Gasteiger partial charge in [-0.05, 0) is 31.0 Å². The number of hydrogen-bond donors (Lipinski definition) is 0. The molecule has 0 aliphatic carbocycles. The second-order valence-corrected chi connectivity index (χ2v) is 8.02. The minimum atomic E-state index is -3.22. The lowest BCUT2D eigenvalue weighted by Crippen LogP contribution is -2.50. The van der Waals surface area contributed by atoms with Gasteiger partial charge in [0.2, 0.25) is 10.0 Å². The van der Waals surface area contributed by atoms with Crippen LogP contribution >= 0.6 is 11.6 Å². The second-order valence-electron chi connectivity index (χ2n) is 5.66. The van der Waals surface area contributed by atoms with E-state index in [-0.39, 0.29) is 5.91 Å². The highest BCUT2D eigenvalue weighted by Gasteiger charge is 2.29. The average molecular weight is 361 g/mol. The van der Waals surface area contributed by atoms with E-state index in [1.165, 1.54) is 17.7 Å². The number of ether oxygens (including phenoxy) is 1. The number of piperazine rings is 1. The number of rotatable bonds is 3. The van der Waals surface area contributed by atoms with Crippen LogP contribution in [0.5, 0.6) is 5.75 Å². The Hall–Kier alpha value is -1.31. The third-order valence-electron chi connectivity index (χ3n) is 4.07. The molecule has 23 heavy (non-hydrogen) atoms. The molecule has 1 aromatic rings. The molecule has 0 N–H and O–H groups in total. The van der Waals surface area contributed by atoms with Gasteiger partial charge in [0.25, 0.3) is 5.91 Å². The fourth-order valence-corrected chi connectivity index (χ4v) is 3.71. The molecule has 1 aliphatic heterocycles. The zero-order chi connectivity index (χ0) is 17.4. The van der Waals surface area contributed by atoms with Crippen LogP contribution in [0.25, 0.3) is 0 Å². The summed E-state index contributed by atoms with van der Waals surface area (Å²) in [4.78, 5) is 14.5. The van der Waals surface area contributed by atoms with Crippen LogP contribution in [0.4, 0.5) is 0 Å². The molecule has 0 radical (unpaired) electrons. The maximum Gasteiger partial charge on any atom is 0.258 e. The van der Waals surface area contributed by atoms with Crippen LogP contribution in [0.15, 0.2) is 6.07 Å². The van der Waals surface area contributed by atoms with Crippen molar-refractivity contribution in [3.63, 3.8) is 0 Å². The number of carbonyl (C=O) groups excluding carboxylic acids is 1. The molecule has 8 heteroatoms. The summed E-state index contributed by atoms with van der Waals surface area (Å²) < 4.78 is 29.8. The van der Waals surface area contributed by atoms with Crippen molar-refractivity contribution in [3.05, 3.63) is 27.8 Å². The van der Waals surface area contributed by atoms with Gasteiger partial charge in [0.05, 0.1) is 18.9 Å². The van der Waals surface area contributed by atoms with Crippen molar-refractivity contribution >= 4 is 27.5 Å². The van der Waals surface area contributed by atoms with Crippen molar-refractivity contribution in [3.8, 4) is 5.75 Å². The molecular formula is C15H21ClN2O4S. The first kappa shape index (κ1) is 18.0. The van der Waals surface area contributed by atoms with Gasteiger partial charge in [-0.1, -0.05) is 11.6 Å². The van der Waals surface area contributed by atoms with Crippen LogP contribution in [-0.4, -0.2) is 63.1 Å². The standard InChI is InChI=1S/C15H21ClN2O4S/c1-10-9-12(22-3)13(11(2)14(10)16)15(19)17-5-7-18(8-6-17)23(4,20)21/h9H,5-8H2,1-4H3. The van der Waals surface area contributed by atoms with E-state index in [0.29, 0.717) is 48.1 Å². The number of sulfonamides is 1. The van der Waals surface area contributed by atoms with Gasteiger partial charge in [0, 0.05) is 31.2 Å². The largest absolute Gasteiger partial charge is 0.496 e. The van der Waals surface area contributed by atoms with E-state index in [4.69, 9.17) is 16.3 Å². The number of halogens is 1. The smallest absolute Gasteiger partial charge is 0.258 e. The summed E-state index contributed by atoms with van der Waals surface area (Å²) in [5.41, 5.74) is 1.97. The molecule has 1 saturated heterocycles. The molecule has 1 heterocycles. The second kappa shape index (κ2) is 6.67. The SMILES string of the molecule is COc1cc(C)c(Cl)c(C)c1C(=O)N1CCN(S(C)(=O)=O)CC1. The van der Waals surface area contributed by atoms with Gasteiger partial charge in [-0.2, -0.15) is 4.31 Å². The molecule has 1 aromatic carbocycles. The lowest BCUT2D eigenvalue weighted by Gasteiger charge is -2.34. The number of aryl methyl sites for hydroxylation is 1. The van der Waals surface area contributed by atoms with Crippen LogP contribution in [0.3, 0.4) is 0 Å². The highest BCUT2D eigenvalue weighted by atomic mass is 35.5. The summed E-state index contributed by atoms with van der Waals surface area (Å²) in [5.74, 6) is 0.300. The predicted octanol–water partition coefficient (Wildman–Crippen LogP) is 1.68. The predicted molar refractivity (Wildman–Crippen MR) is 89.8 cm³/mol. The monoisotopic (exact) mass is 360 g/mol. The topological polar surface area (TPSA) is 66.9 Å². The van der Waals surface area contributed by atoms with Crippen molar-refractivity contribution in [1.82, 2.24) is 9.21 Å². The number of benzene rings is 1. The van der Waals surface area contributed by atoms with Gasteiger partial charge in [-0.15, -0.1) is 0 Å². The van der Waals surface area contributed by atoms with E-state index in [2.05, 4.69) is 0 Å². The maximum atomic E-state index is 12.8. The molecule has 6 nitrogen and oxygen atoms in total. The maximum absolute atomic E-state index is 12.8. The Morgan fingerprint density at radius 2 is 1.78 bits per heavy atom. The molecule has 1 fully saturated rings. The molecule has 1 aliphatic rings. The Kier molecular flexibility index (Phi) is 5.23. The molecule has 0 spiro atoms. The number of amides is 1. The van der Waals surface area contributed by atoms with Crippen molar-refractivity contribution < 1.29 is 17.9 Å². The summed E-state index contributed by atoms with van der Waals surface area (Å²) >= 11 is 6.26. The molecule has 128 valence electrons. The molecule has 0 unspecified atom stereocenters. The van der Waals surface area contributed by atoms with Crippen LogP contribution in [0.2, 0.25) is 5.02 Å². The first-order valence-electron chi connectivity index (χ1n) is 7.25. The number of methoxy groups -OCH3 is 1. The number of carbonyl (C=O) groups is 1. The van der Waals surface area contributed by atoms with Crippen LogP contribution < -0.4 is 4.74 Å². The van der Waals surface area contributed by atoms with Gasteiger partial charge >= 0.3 is 0 Å². The molecule has 0 atom stereocenters. The summed E-state index contributed by atoms with van der Waals surface area (Å²) in [6.45, 7) is 4.94. The molecule has 0 saturated carbocycles. The molecule has 0 aromatic heterocycles. The van der Waals surface area contributed by atoms with E-state index in [1.807, 2.05) is 6.92 Å². The van der Waals surface area contributed by atoms with Gasteiger partial charge in [-0.25, -0.2) is 8.42 Å². The summed E-state index contributed by atoms with van der Waals surface area (Å²) in [6, 6.07) is 1.75. The Morgan fingerprint density at radius 3 is 2.26 bits per heavy atom. The Labute approximate surface area is 142 Å². The van der Waals surface area contributed by atoms with Crippen molar-refractivity contribution in [2.45, 2.75) is 13.8 Å². The normalized spacial score (nSPS) is 16.5. The Bertz CT molecular complexity index is 725. The van der Waals surface area contributed by atoms with Crippen molar-refractivity contribution in [2.75, 3.05) is 39.5 Å². The molecular weight excluding hydrogens is 340 g/mol. The first-order valence-corrected chi connectivity index (χ1v) is 9.47. The fourth-order valence-electron chi connectivity index (χ4n) is 2.73. The molecule has 2 rings (SSSR count). The highest BCUT2D eigenvalue weighted by Crippen LogP contribution is 2.32. The third-order valence-corrected chi connectivity index (χ3v) is 5.96. The molecule has 0 bridgehead atoms. The minimum absolute atomic E-state index is 0.186. The van der Waals surface area contributed by atoms with E-state index in [1.54, 1.807) is 17.9 Å². The summed E-state index contributed by atoms with van der Waals surface area (Å²) in [5, 5.41) is 0.545. The third kappa shape index (κ3) is 3.62. The number of nitrogens with zero attached hydrogens (tertiary/aromatic N) is 2. The van der Waals surface area contributed by atoms with Gasteiger partial charge in [0.15, 0.2) is 0 Å². The first-order chi connectivity index (χ1) is 10.7. The van der Waals surface area contributed by atoms with Gasteiger partial charge < -0.3 is 9.64 Å². The quantitative estimate of drug-likeness (QED) is 0.822. The Balaban J connectivity index is 2.27. The lowest BCUT2D eigenvalue weighted by molar-refractivity contribution is 0.0694. The van der Waals surface area contributed by atoms with E-state index in [9.17, 15) is 13.2 Å². The van der Waals surface area contributed by atoms with Crippen LogP contribution in [0, 0.1) is 13.8 Å². The Morgan fingerprint density at radius 1 is 1.22 bits per heavy atom. The van der Waals surface area contributed by atoms with Crippen LogP contribution in [0.1, 0.15) is 21.5 Å². The van der Waals surface area contributed by atoms with E-state index in [0.717, 1.165) is 5.56 Å². The average Bonchev–Trinajstić information content (AvgIpc) is 2.51. The van der Waals surface area contributed by atoms with E-state index < -0.39 is 10.0 Å². The molecule has 1 amide bonds. The van der Waals surface area contributed by atoms with Crippen molar-refractivity contribution in [2.24, 2.45) is 0 Å².